The Morgan fingerprint density at radius 1 is 0.938 bits per heavy atom. The predicted octanol–water partition coefficient (Wildman–Crippen LogP) is 4.89. The van der Waals surface area contributed by atoms with Gasteiger partial charge in [-0.2, -0.15) is 0 Å². The zero-order valence-corrected chi connectivity index (χ0v) is 18.3. The highest BCUT2D eigenvalue weighted by atomic mass is 16.5. The Balaban J connectivity index is 1.41. The molecular weight excluding hydrogens is 400 g/mol. The number of hydrogen-bond acceptors (Lipinski definition) is 3. The minimum absolute atomic E-state index is 0.0357. The number of hydrogen-bond donors (Lipinski definition) is 0. The van der Waals surface area contributed by atoms with Crippen LogP contribution in [0.15, 0.2) is 84.9 Å². The fraction of sp³-hybridized carbons (Fsp3) is 0.259. The van der Waals surface area contributed by atoms with Crippen molar-refractivity contribution in [2.45, 2.75) is 12.8 Å². The monoisotopic (exact) mass is 428 g/mol. The maximum atomic E-state index is 13.2. The number of rotatable bonds is 6. The van der Waals surface area contributed by atoms with Crippen LogP contribution in [-0.4, -0.2) is 43.5 Å². The Morgan fingerprint density at radius 3 is 2.38 bits per heavy atom. The van der Waals surface area contributed by atoms with Crippen LogP contribution in [0.25, 0.3) is 0 Å². The number of ether oxygens (including phenoxy) is 1. The molecule has 1 fully saturated rings. The second-order valence-electron chi connectivity index (χ2n) is 8.16. The molecule has 0 N–H and O–H groups in total. The zero-order valence-electron chi connectivity index (χ0n) is 18.3. The fourth-order valence-electron chi connectivity index (χ4n) is 4.05. The SMILES string of the molecule is CN(C(=O)c1cccc(C(=O)N2CCCC(COc3ccccc3)C2)c1)c1ccccc1. The molecular formula is C27H28N2O3. The number of benzene rings is 3. The number of carbonyl (C=O) groups is 2. The van der Waals surface area contributed by atoms with Crippen molar-refractivity contribution in [2.75, 3.05) is 31.6 Å². The predicted molar refractivity (Wildman–Crippen MR) is 126 cm³/mol. The molecule has 0 radical (unpaired) electrons. The highest BCUT2D eigenvalue weighted by Gasteiger charge is 2.25. The molecule has 1 atom stereocenters. The van der Waals surface area contributed by atoms with E-state index in [2.05, 4.69) is 0 Å². The molecule has 1 aliphatic heterocycles. The van der Waals surface area contributed by atoms with Crippen LogP contribution in [0.1, 0.15) is 33.6 Å². The van der Waals surface area contributed by atoms with Gasteiger partial charge in [0.1, 0.15) is 5.75 Å². The van der Waals surface area contributed by atoms with Gasteiger partial charge in [-0.3, -0.25) is 9.59 Å². The van der Waals surface area contributed by atoms with Crippen LogP contribution in [0, 0.1) is 5.92 Å². The summed E-state index contributed by atoms with van der Waals surface area (Å²) in [6.45, 7) is 1.98. The highest BCUT2D eigenvalue weighted by Crippen LogP contribution is 2.22. The van der Waals surface area contributed by atoms with E-state index in [4.69, 9.17) is 4.74 Å². The summed E-state index contributed by atoms with van der Waals surface area (Å²) < 4.78 is 5.91. The average Bonchev–Trinajstić information content (AvgIpc) is 2.87. The van der Waals surface area contributed by atoms with Crippen LogP contribution in [-0.2, 0) is 0 Å². The zero-order chi connectivity index (χ0) is 22.3. The Kier molecular flexibility index (Phi) is 6.85. The minimum atomic E-state index is -0.140. The van der Waals surface area contributed by atoms with Crippen LogP contribution < -0.4 is 9.64 Å². The van der Waals surface area contributed by atoms with Gasteiger partial charge in [0.2, 0.25) is 0 Å². The molecule has 0 aliphatic carbocycles. The lowest BCUT2D eigenvalue weighted by atomic mass is 9.98. The molecule has 1 saturated heterocycles. The van der Waals surface area contributed by atoms with Crippen molar-refractivity contribution in [1.29, 1.82) is 0 Å². The molecule has 5 nitrogen and oxygen atoms in total. The molecule has 0 spiro atoms. The molecule has 2 amide bonds. The van der Waals surface area contributed by atoms with E-state index in [1.165, 1.54) is 0 Å². The van der Waals surface area contributed by atoms with E-state index in [1.54, 1.807) is 36.2 Å². The quantitative estimate of drug-likeness (QED) is 0.561. The lowest BCUT2D eigenvalue weighted by Gasteiger charge is -2.32. The van der Waals surface area contributed by atoms with Crippen LogP contribution >= 0.6 is 0 Å². The number of amides is 2. The molecule has 0 saturated carbocycles. The lowest BCUT2D eigenvalue weighted by molar-refractivity contribution is 0.0633. The first-order chi connectivity index (χ1) is 15.6. The first-order valence-corrected chi connectivity index (χ1v) is 11.0. The molecule has 32 heavy (non-hydrogen) atoms. The second-order valence-corrected chi connectivity index (χ2v) is 8.16. The second kappa shape index (κ2) is 10.1. The van der Waals surface area contributed by atoms with Gasteiger partial charge >= 0.3 is 0 Å². The molecule has 164 valence electrons. The van der Waals surface area contributed by atoms with E-state index in [0.29, 0.717) is 30.2 Å². The summed E-state index contributed by atoms with van der Waals surface area (Å²) in [7, 11) is 1.74. The van der Waals surface area contributed by atoms with E-state index < -0.39 is 0 Å². The summed E-state index contributed by atoms with van der Waals surface area (Å²) in [5.41, 5.74) is 1.86. The summed E-state index contributed by atoms with van der Waals surface area (Å²) in [5.74, 6) is 0.969. The van der Waals surface area contributed by atoms with Gasteiger partial charge in [-0.15, -0.1) is 0 Å². The molecule has 0 aromatic heterocycles. The van der Waals surface area contributed by atoms with E-state index >= 15 is 0 Å². The van der Waals surface area contributed by atoms with Crippen LogP contribution in [0.3, 0.4) is 0 Å². The van der Waals surface area contributed by atoms with Crippen molar-refractivity contribution >= 4 is 17.5 Å². The minimum Gasteiger partial charge on any atom is -0.493 e. The maximum Gasteiger partial charge on any atom is 0.258 e. The fourth-order valence-corrected chi connectivity index (χ4v) is 4.05. The number of para-hydroxylation sites is 2. The van der Waals surface area contributed by atoms with Crippen LogP contribution in [0.4, 0.5) is 5.69 Å². The van der Waals surface area contributed by atoms with Gasteiger partial charge < -0.3 is 14.5 Å². The van der Waals surface area contributed by atoms with Gasteiger partial charge in [0.05, 0.1) is 6.61 Å². The van der Waals surface area contributed by atoms with Crippen molar-refractivity contribution in [3.05, 3.63) is 96.1 Å². The summed E-state index contributed by atoms with van der Waals surface area (Å²) in [6.07, 6.45) is 1.99. The molecule has 4 rings (SSSR count). The van der Waals surface area contributed by atoms with Gasteiger partial charge in [-0.05, 0) is 55.3 Å². The maximum absolute atomic E-state index is 13.2. The average molecular weight is 429 g/mol. The Morgan fingerprint density at radius 2 is 1.62 bits per heavy atom. The molecule has 3 aromatic rings. The summed E-state index contributed by atoms with van der Waals surface area (Å²) in [4.78, 5) is 29.6. The summed E-state index contributed by atoms with van der Waals surface area (Å²) in [6, 6.07) is 26.3. The Labute approximate surface area is 189 Å². The largest absolute Gasteiger partial charge is 0.493 e. The first kappa shape index (κ1) is 21.6. The standard InChI is InChI=1S/C27H28N2O3/c1-28(24-13-4-2-5-14-24)26(30)22-11-8-12-23(18-22)27(31)29-17-9-10-21(19-29)20-32-25-15-6-3-7-16-25/h2-8,11-16,18,21H,9-10,17,19-20H2,1H3. The normalized spacial score (nSPS) is 15.8. The van der Waals surface area contributed by atoms with E-state index in [1.807, 2.05) is 65.6 Å². The Bertz CT molecular complexity index is 1050. The molecule has 0 bridgehead atoms. The molecule has 3 aromatic carbocycles. The van der Waals surface area contributed by atoms with Gasteiger partial charge in [0, 0.05) is 42.9 Å². The van der Waals surface area contributed by atoms with Gasteiger partial charge in [0.25, 0.3) is 11.8 Å². The van der Waals surface area contributed by atoms with E-state index in [0.717, 1.165) is 30.8 Å². The van der Waals surface area contributed by atoms with Crippen molar-refractivity contribution in [1.82, 2.24) is 4.90 Å². The van der Waals surface area contributed by atoms with Crippen molar-refractivity contribution < 1.29 is 14.3 Å². The topological polar surface area (TPSA) is 49.9 Å². The number of anilines is 1. The van der Waals surface area contributed by atoms with Crippen LogP contribution in [0.5, 0.6) is 5.75 Å². The number of piperidine rings is 1. The van der Waals surface area contributed by atoms with Crippen molar-refractivity contribution in [3.8, 4) is 5.75 Å². The molecule has 1 heterocycles. The molecule has 5 heteroatoms. The third kappa shape index (κ3) is 5.17. The first-order valence-electron chi connectivity index (χ1n) is 11.0. The third-order valence-corrected chi connectivity index (χ3v) is 5.84. The number of carbonyl (C=O) groups excluding carboxylic acids is 2. The summed E-state index contributed by atoms with van der Waals surface area (Å²) in [5, 5.41) is 0. The van der Waals surface area contributed by atoms with Gasteiger partial charge in [0.15, 0.2) is 0 Å². The van der Waals surface area contributed by atoms with Gasteiger partial charge in [-0.1, -0.05) is 42.5 Å². The number of nitrogens with zero attached hydrogens (tertiary/aromatic N) is 2. The summed E-state index contributed by atoms with van der Waals surface area (Å²) >= 11 is 0. The van der Waals surface area contributed by atoms with E-state index in [-0.39, 0.29) is 11.8 Å². The molecule has 1 unspecified atom stereocenters. The number of likely N-dealkylation sites (tertiary alicyclic amines) is 1. The van der Waals surface area contributed by atoms with Crippen LogP contribution in [0.2, 0.25) is 0 Å². The highest BCUT2D eigenvalue weighted by molar-refractivity contribution is 6.07. The molecule has 1 aliphatic rings. The van der Waals surface area contributed by atoms with Crippen molar-refractivity contribution in [3.63, 3.8) is 0 Å². The third-order valence-electron chi connectivity index (χ3n) is 5.84. The Hall–Kier alpha value is -3.60. The van der Waals surface area contributed by atoms with E-state index in [9.17, 15) is 9.59 Å². The van der Waals surface area contributed by atoms with Crippen molar-refractivity contribution in [2.24, 2.45) is 5.92 Å². The lowest BCUT2D eigenvalue weighted by Crippen LogP contribution is -2.41. The van der Waals surface area contributed by atoms with Gasteiger partial charge in [-0.25, -0.2) is 0 Å². The smallest absolute Gasteiger partial charge is 0.258 e.